The number of hydrogen-bond donors (Lipinski definition) is 1. The normalized spacial score (nSPS) is 21.2. The third-order valence-electron chi connectivity index (χ3n) is 4.82. The summed E-state index contributed by atoms with van der Waals surface area (Å²) >= 11 is 0. The van der Waals surface area contributed by atoms with Crippen LogP contribution in [0.5, 0.6) is 0 Å². The van der Waals surface area contributed by atoms with Crippen molar-refractivity contribution in [3.63, 3.8) is 0 Å². The van der Waals surface area contributed by atoms with E-state index >= 15 is 0 Å². The van der Waals surface area contributed by atoms with Crippen LogP contribution in [0.1, 0.15) is 79.1 Å². The summed E-state index contributed by atoms with van der Waals surface area (Å²) in [6, 6.07) is 0. The molecule has 21 heavy (non-hydrogen) atoms. The Morgan fingerprint density at radius 2 is 1.71 bits per heavy atom. The van der Waals surface area contributed by atoms with Gasteiger partial charge in [-0.1, -0.05) is 55.2 Å². The van der Waals surface area contributed by atoms with Crippen molar-refractivity contribution in [2.24, 2.45) is 5.92 Å². The first-order valence-electron chi connectivity index (χ1n) is 8.64. The molecule has 0 aromatic carbocycles. The van der Waals surface area contributed by atoms with E-state index < -0.39 is 5.60 Å². The molecule has 1 fully saturated rings. The number of hydrogen-bond acceptors (Lipinski definition) is 1. The fourth-order valence-electron chi connectivity index (χ4n) is 3.23. The van der Waals surface area contributed by atoms with Crippen LogP contribution < -0.4 is 0 Å². The molecule has 0 aromatic heterocycles. The third kappa shape index (κ3) is 6.65. The maximum Gasteiger partial charge on any atom is 0.0707 e. The summed E-state index contributed by atoms with van der Waals surface area (Å²) < 4.78 is 0. The molecule has 1 rings (SSSR count). The third-order valence-corrected chi connectivity index (χ3v) is 4.82. The van der Waals surface area contributed by atoms with Crippen molar-refractivity contribution in [2.45, 2.75) is 84.7 Å². The van der Waals surface area contributed by atoms with Crippen LogP contribution >= 0.6 is 0 Å². The van der Waals surface area contributed by atoms with E-state index in [1.54, 1.807) is 0 Å². The zero-order valence-corrected chi connectivity index (χ0v) is 14.5. The van der Waals surface area contributed by atoms with Gasteiger partial charge in [-0.15, -0.1) is 0 Å². The van der Waals surface area contributed by atoms with Crippen LogP contribution in [0, 0.1) is 5.92 Å². The van der Waals surface area contributed by atoms with Gasteiger partial charge in [0.1, 0.15) is 0 Å². The summed E-state index contributed by atoms with van der Waals surface area (Å²) in [5, 5.41) is 10.6. The Labute approximate surface area is 131 Å². The molecule has 0 radical (unpaired) electrons. The summed E-state index contributed by atoms with van der Waals surface area (Å²) in [5.74, 6) is 0.291. The quantitative estimate of drug-likeness (QED) is 0.547. The minimum atomic E-state index is -0.431. The van der Waals surface area contributed by atoms with E-state index in [1.165, 1.54) is 30.4 Å². The molecule has 1 saturated carbocycles. The first-order chi connectivity index (χ1) is 9.98. The fraction of sp³-hybridized carbons (Fsp3) is 0.700. The van der Waals surface area contributed by atoms with Crippen LogP contribution in [0.3, 0.4) is 0 Å². The lowest BCUT2D eigenvalue weighted by Gasteiger charge is -2.28. The molecule has 120 valence electrons. The second-order valence-electron chi connectivity index (χ2n) is 6.81. The van der Waals surface area contributed by atoms with Crippen LogP contribution in [0.2, 0.25) is 0 Å². The van der Waals surface area contributed by atoms with Gasteiger partial charge in [-0.3, -0.25) is 0 Å². The van der Waals surface area contributed by atoms with Crippen molar-refractivity contribution < 1.29 is 5.11 Å². The highest BCUT2D eigenvalue weighted by atomic mass is 16.3. The van der Waals surface area contributed by atoms with Crippen molar-refractivity contribution in [3.8, 4) is 0 Å². The number of rotatable bonds is 8. The highest BCUT2D eigenvalue weighted by Gasteiger charge is 2.35. The molecule has 1 N–H and O–H groups in total. The molecule has 0 amide bonds. The largest absolute Gasteiger partial charge is 0.389 e. The van der Waals surface area contributed by atoms with E-state index in [0.29, 0.717) is 5.92 Å². The molecule has 0 saturated heterocycles. The standard InChI is InChI=1S/C20H34O/c1-5-6-7-11-17(2)12-10-13-18(3)16-19(4)20(21)14-8-9-15-20/h5-6,12,16,19,21H,7-11,13-15H2,1-4H3/b6-5?,17-12+,18-16+. The van der Waals surface area contributed by atoms with Crippen molar-refractivity contribution in [1.82, 2.24) is 0 Å². The van der Waals surface area contributed by atoms with E-state index in [1.807, 2.05) is 0 Å². The fourth-order valence-corrected chi connectivity index (χ4v) is 3.23. The van der Waals surface area contributed by atoms with Crippen molar-refractivity contribution in [1.29, 1.82) is 0 Å². The van der Waals surface area contributed by atoms with Crippen LogP contribution in [-0.2, 0) is 0 Å². The van der Waals surface area contributed by atoms with E-state index in [4.69, 9.17) is 0 Å². The predicted octanol–water partition coefficient (Wildman–Crippen LogP) is 5.96. The maximum absolute atomic E-state index is 10.6. The molecule has 1 unspecified atom stereocenters. The Kier molecular flexibility index (Phi) is 8.03. The van der Waals surface area contributed by atoms with Crippen molar-refractivity contribution in [2.75, 3.05) is 0 Å². The average molecular weight is 290 g/mol. The summed E-state index contributed by atoms with van der Waals surface area (Å²) in [6.07, 6.45) is 17.9. The lowest BCUT2D eigenvalue weighted by Crippen LogP contribution is -2.31. The molecular formula is C20H34O. The Morgan fingerprint density at radius 1 is 1.10 bits per heavy atom. The van der Waals surface area contributed by atoms with Crippen molar-refractivity contribution >= 4 is 0 Å². The van der Waals surface area contributed by atoms with Crippen LogP contribution in [0.25, 0.3) is 0 Å². The van der Waals surface area contributed by atoms with Gasteiger partial charge >= 0.3 is 0 Å². The van der Waals surface area contributed by atoms with Gasteiger partial charge in [0, 0.05) is 5.92 Å². The molecule has 1 nitrogen and oxygen atoms in total. The Balaban J connectivity index is 2.36. The Bertz CT molecular complexity index is 381. The maximum atomic E-state index is 10.6. The van der Waals surface area contributed by atoms with Gasteiger partial charge in [-0.05, 0) is 59.3 Å². The lowest BCUT2D eigenvalue weighted by atomic mass is 9.85. The summed E-state index contributed by atoms with van der Waals surface area (Å²) in [7, 11) is 0. The zero-order chi connectivity index (χ0) is 15.7. The van der Waals surface area contributed by atoms with E-state index in [2.05, 4.69) is 52.0 Å². The van der Waals surface area contributed by atoms with Gasteiger partial charge in [0.2, 0.25) is 0 Å². The van der Waals surface area contributed by atoms with Gasteiger partial charge in [-0.25, -0.2) is 0 Å². The van der Waals surface area contributed by atoms with Crippen LogP contribution in [0.15, 0.2) is 35.5 Å². The Morgan fingerprint density at radius 3 is 2.33 bits per heavy atom. The predicted molar refractivity (Wildman–Crippen MR) is 93.4 cm³/mol. The minimum absolute atomic E-state index is 0.291. The first-order valence-corrected chi connectivity index (χ1v) is 8.64. The summed E-state index contributed by atoms with van der Waals surface area (Å²) in [4.78, 5) is 0. The van der Waals surface area contributed by atoms with Gasteiger partial charge in [0.15, 0.2) is 0 Å². The lowest BCUT2D eigenvalue weighted by molar-refractivity contribution is 0.0125. The van der Waals surface area contributed by atoms with Gasteiger partial charge in [0.05, 0.1) is 5.60 Å². The highest BCUT2D eigenvalue weighted by molar-refractivity contribution is 5.09. The molecular weight excluding hydrogens is 256 g/mol. The molecule has 0 bridgehead atoms. The number of allylic oxidation sites excluding steroid dienone is 5. The SMILES string of the molecule is CC=CCC/C(C)=C/CC/C(C)=C/C(C)C1(O)CCCC1. The molecule has 1 aliphatic rings. The molecule has 1 heteroatoms. The topological polar surface area (TPSA) is 20.2 Å². The first kappa shape index (κ1) is 18.2. The van der Waals surface area contributed by atoms with Gasteiger partial charge < -0.3 is 5.11 Å². The smallest absolute Gasteiger partial charge is 0.0707 e. The van der Waals surface area contributed by atoms with Gasteiger partial charge in [0.25, 0.3) is 0 Å². The monoisotopic (exact) mass is 290 g/mol. The summed E-state index contributed by atoms with van der Waals surface area (Å²) in [6.45, 7) is 8.68. The van der Waals surface area contributed by atoms with Crippen molar-refractivity contribution in [3.05, 3.63) is 35.5 Å². The molecule has 1 aliphatic carbocycles. The highest BCUT2D eigenvalue weighted by Crippen LogP contribution is 2.37. The van der Waals surface area contributed by atoms with Gasteiger partial charge in [-0.2, -0.15) is 0 Å². The summed E-state index contributed by atoms with van der Waals surface area (Å²) in [5.41, 5.74) is 2.48. The molecule has 1 atom stereocenters. The molecule has 0 aliphatic heterocycles. The zero-order valence-electron chi connectivity index (χ0n) is 14.5. The Hall–Kier alpha value is -0.820. The average Bonchev–Trinajstić information content (AvgIpc) is 2.87. The molecule has 0 heterocycles. The van der Waals surface area contributed by atoms with E-state index in [0.717, 1.165) is 32.1 Å². The number of aliphatic hydroxyl groups is 1. The molecule has 0 aromatic rings. The van der Waals surface area contributed by atoms with E-state index in [-0.39, 0.29) is 0 Å². The van der Waals surface area contributed by atoms with E-state index in [9.17, 15) is 5.11 Å². The van der Waals surface area contributed by atoms with Crippen LogP contribution in [-0.4, -0.2) is 10.7 Å². The van der Waals surface area contributed by atoms with Crippen LogP contribution in [0.4, 0.5) is 0 Å². The molecule has 0 spiro atoms. The second-order valence-corrected chi connectivity index (χ2v) is 6.81. The second kappa shape index (κ2) is 9.25. The minimum Gasteiger partial charge on any atom is -0.389 e.